The van der Waals surface area contributed by atoms with Crippen molar-refractivity contribution in [1.82, 2.24) is 24.6 Å². The molecule has 0 radical (unpaired) electrons. The minimum atomic E-state index is 0.628. The number of hydrogen-bond acceptors (Lipinski definition) is 6. The van der Waals surface area contributed by atoms with E-state index in [1.807, 2.05) is 18.5 Å². The summed E-state index contributed by atoms with van der Waals surface area (Å²) < 4.78 is 1.72. The van der Waals surface area contributed by atoms with Crippen LogP contribution in [0.25, 0.3) is 5.78 Å². The number of aryl methyl sites for hydroxylation is 2. The van der Waals surface area contributed by atoms with E-state index in [-0.39, 0.29) is 0 Å². The second-order valence-corrected chi connectivity index (χ2v) is 5.11. The lowest BCUT2D eigenvalue weighted by Gasteiger charge is -2.08. The summed E-state index contributed by atoms with van der Waals surface area (Å²) in [6.45, 7) is 4.83. The number of hydrogen-bond donors (Lipinski definition) is 1. The van der Waals surface area contributed by atoms with Gasteiger partial charge in [0.25, 0.3) is 5.78 Å². The predicted octanol–water partition coefficient (Wildman–Crippen LogP) is 2.06. The van der Waals surface area contributed by atoms with Gasteiger partial charge in [-0.3, -0.25) is 0 Å². The third-order valence-electron chi connectivity index (χ3n) is 2.94. The molecule has 0 saturated heterocycles. The lowest BCUT2D eigenvalue weighted by molar-refractivity contribution is 0.902. The van der Waals surface area contributed by atoms with Gasteiger partial charge in [-0.25, -0.2) is 9.97 Å². The van der Waals surface area contributed by atoms with E-state index in [2.05, 4.69) is 32.3 Å². The van der Waals surface area contributed by atoms with E-state index < -0.39 is 0 Å². The fraction of sp³-hybridized carbons (Fsp3) is 0.333. The average molecular weight is 274 g/mol. The quantitative estimate of drug-likeness (QED) is 0.788. The van der Waals surface area contributed by atoms with Crippen LogP contribution in [0.1, 0.15) is 23.2 Å². The first-order valence-corrected chi connectivity index (χ1v) is 6.98. The molecule has 0 atom stereocenters. The Morgan fingerprint density at radius 2 is 2.26 bits per heavy atom. The SMILES string of the molecule is CCc1cc(NCc2scnc2C)n2ncnc2n1. The zero-order valence-corrected chi connectivity index (χ0v) is 11.6. The fourth-order valence-electron chi connectivity index (χ4n) is 1.84. The molecule has 19 heavy (non-hydrogen) atoms. The summed E-state index contributed by atoms with van der Waals surface area (Å²) in [5.74, 6) is 1.54. The zero-order chi connectivity index (χ0) is 13.2. The monoisotopic (exact) mass is 274 g/mol. The number of rotatable bonds is 4. The van der Waals surface area contributed by atoms with E-state index in [4.69, 9.17) is 0 Å². The summed E-state index contributed by atoms with van der Waals surface area (Å²) in [5.41, 5.74) is 3.93. The Kier molecular flexibility index (Phi) is 3.12. The lowest BCUT2D eigenvalue weighted by Crippen LogP contribution is -2.07. The molecule has 0 saturated carbocycles. The number of fused-ring (bicyclic) bond motifs is 1. The second-order valence-electron chi connectivity index (χ2n) is 4.17. The van der Waals surface area contributed by atoms with Gasteiger partial charge in [-0.1, -0.05) is 6.92 Å². The molecule has 0 spiro atoms. The molecule has 0 fully saturated rings. The highest BCUT2D eigenvalue weighted by Gasteiger charge is 2.07. The van der Waals surface area contributed by atoms with Crippen molar-refractivity contribution in [2.75, 3.05) is 5.32 Å². The molecule has 0 aliphatic heterocycles. The maximum atomic E-state index is 4.42. The summed E-state index contributed by atoms with van der Waals surface area (Å²) in [5, 5.41) is 7.57. The van der Waals surface area contributed by atoms with Gasteiger partial charge in [0.05, 0.1) is 17.7 Å². The smallest absolute Gasteiger partial charge is 0.254 e. The standard InChI is InChI=1S/C12H14N6S/c1-3-9-4-11(18-12(17-9)14-6-16-18)13-5-10-8(2)15-7-19-10/h4,6-7,13H,3,5H2,1-2H3. The summed E-state index contributed by atoms with van der Waals surface area (Å²) in [7, 11) is 0. The van der Waals surface area contributed by atoms with Crippen LogP contribution in [0.5, 0.6) is 0 Å². The first-order chi connectivity index (χ1) is 9.28. The number of aromatic nitrogens is 5. The molecule has 0 amide bonds. The van der Waals surface area contributed by atoms with Crippen LogP contribution in [-0.2, 0) is 13.0 Å². The summed E-state index contributed by atoms with van der Waals surface area (Å²) >= 11 is 1.65. The molecule has 0 aromatic carbocycles. The van der Waals surface area contributed by atoms with Crippen LogP contribution in [0.15, 0.2) is 17.9 Å². The highest BCUT2D eigenvalue weighted by molar-refractivity contribution is 7.09. The van der Waals surface area contributed by atoms with Gasteiger partial charge in [-0.15, -0.1) is 11.3 Å². The molecule has 3 aromatic rings. The van der Waals surface area contributed by atoms with E-state index in [9.17, 15) is 0 Å². The van der Waals surface area contributed by atoms with E-state index in [1.54, 1.807) is 15.9 Å². The van der Waals surface area contributed by atoms with Gasteiger partial charge >= 0.3 is 0 Å². The molecule has 0 bridgehead atoms. The average Bonchev–Trinajstić information content (AvgIpc) is 3.04. The van der Waals surface area contributed by atoms with Gasteiger partial charge in [0, 0.05) is 16.6 Å². The van der Waals surface area contributed by atoms with Crippen LogP contribution in [0.3, 0.4) is 0 Å². The number of anilines is 1. The van der Waals surface area contributed by atoms with Crippen LogP contribution >= 0.6 is 11.3 Å². The molecule has 3 heterocycles. The van der Waals surface area contributed by atoms with Crippen molar-refractivity contribution >= 4 is 22.9 Å². The molecule has 98 valence electrons. The molecular formula is C12H14N6S. The molecule has 0 aliphatic rings. The fourth-order valence-corrected chi connectivity index (χ4v) is 2.55. The maximum absolute atomic E-state index is 4.42. The first-order valence-electron chi connectivity index (χ1n) is 6.10. The minimum Gasteiger partial charge on any atom is -0.365 e. The highest BCUT2D eigenvalue weighted by atomic mass is 32.1. The van der Waals surface area contributed by atoms with Crippen molar-refractivity contribution in [2.24, 2.45) is 0 Å². The number of thiazole rings is 1. The Bertz CT molecular complexity index is 701. The van der Waals surface area contributed by atoms with Crippen molar-refractivity contribution in [3.63, 3.8) is 0 Å². The van der Waals surface area contributed by atoms with E-state index in [1.165, 1.54) is 11.2 Å². The second kappa shape index (κ2) is 4.93. The zero-order valence-electron chi connectivity index (χ0n) is 10.8. The molecular weight excluding hydrogens is 260 g/mol. The lowest BCUT2D eigenvalue weighted by atomic mass is 10.3. The Hall–Kier alpha value is -2.02. The van der Waals surface area contributed by atoms with Crippen LogP contribution < -0.4 is 5.32 Å². The topological polar surface area (TPSA) is 68.0 Å². The minimum absolute atomic E-state index is 0.628. The molecule has 3 aromatic heterocycles. The summed E-state index contributed by atoms with van der Waals surface area (Å²) in [6, 6.07) is 2.01. The highest BCUT2D eigenvalue weighted by Crippen LogP contribution is 2.16. The van der Waals surface area contributed by atoms with Crippen molar-refractivity contribution < 1.29 is 0 Å². The Balaban J connectivity index is 1.91. The van der Waals surface area contributed by atoms with Crippen molar-refractivity contribution in [2.45, 2.75) is 26.8 Å². The van der Waals surface area contributed by atoms with Crippen LogP contribution in [-0.4, -0.2) is 24.6 Å². The normalized spacial score (nSPS) is 11.1. The van der Waals surface area contributed by atoms with Crippen molar-refractivity contribution in [3.8, 4) is 0 Å². The van der Waals surface area contributed by atoms with E-state index in [0.29, 0.717) is 5.78 Å². The van der Waals surface area contributed by atoms with Crippen LogP contribution in [0.2, 0.25) is 0 Å². The molecule has 6 nitrogen and oxygen atoms in total. The van der Waals surface area contributed by atoms with Crippen LogP contribution in [0, 0.1) is 6.92 Å². The van der Waals surface area contributed by atoms with Crippen molar-refractivity contribution in [3.05, 3.63) is 34.2 Å². The van der Waals surface area contributed by atoms with E-state index in [0.717, 1.165) is 30.2 Å². The van der Waals surface area contributed by atoms with Crippen LogP contribution in [0.4, 0.5) is 5.82 Å². The van der Waals surface area contributed by atoms with Gasteiger partial charge in [0.2, 0.25) is 0 Å². The maximum Gasteiger partial charge on any atom is 0.254 e. The largest absolute Gasteiger partial charge is 0.365 e. The first kappa shape index (κ1) is 12.0. The number of nitrogens with one attached hydrogen (secondary N) is 1. The molecule has 0 unspecified atom stereocenters. The Morgan fingerprint density at radius 3 is 3.00 bits per heavy atom. The third kappa shape index (κ3) is 2.28. The Morgan fingerprint density at radius 1 is 1.37 bits per heavy atom. The molecule has 3 rings (SSSR count). The van der Waals surface area contributed by atoms with Gasteiger partial charge in [-0.05, 0) is 13.3 Å². The predicted molar refractivity (Wildman–Crippen MR) is 74.3 cm³/mol. The summed E-state index contributed by atoms with van der Waals surface area (Å²) in [6.07, 6.45) is 2.39. The van der Waals surface area contributed by atoms with E-state index >= 15 is 0 Å². The third-order valence-corrected chi connectivity index (χ3v) is 3.88. The van der Waals surface area contributed by atoms with Gasteiger partial charge in [0.1, 0.15) is 12.1 Å². The van der Waals surface area contributed by atoms with Gasteiger partial charge in [-0.2, -0.15) is 14.6 Å². The van der Waals surface area contributed by atoms with Gasteiger partial charge < -0.3 is 5.32 Å². The molecule has 1 N–H and O–H groups in total. The summed E-state index contributed by atoms with van der Waals surface area (Å²) in [4.78, 5) is 14.0. The molecule has 7 heteroatoms. The molecule has 0 aliphatic carbocycles. The number of nitrogens with zero attached hydrogens (tertiary/aromatic N) is 5. The van der Waals surface area contributed by atoms with Gasteiger partial charge in [0.15, 0.2) is 0 Å². The van der Waals surface area contributed by atoms with Crippen molar-refractivity contribution in [1.29, 1.82) is 0 Å². The Labute approximate surface area is 114 Å².